The molecule has 0 saturated carbocycles. The molecule has 112 valence electrons. The average molecular weight is 272 g/mol. The predicted molar refractivity (Wildman–Crippen MR) is 74.9 cm³/mol. The van der Waals surface area contributed by atoms with Crippen molar-refractivity contribution in [2.24, 2.45) is 5.73 Å². The van der Waals surface area contributed by atoms with Gasteiger partial charge in [-0.3, -0.25) is 4.79 Å². The molecule has 1 fully saturated rings. The molecule has 5 nitrogen and oxygen atoms in total. The summed E-state index contributed by atoms with van der Waals surface area (Å²) >= 11 is 0. The number of nitrogens with two attached hydrogens (primary N) is 1. The van der Waals surface area contributed by atoms with Crippen molar-refractivity contribution in [1.82, 2.24) is 4.90 Å². The van der Waals surface area contributed by atoms with Crippen molar-refractivity contribution >= 4 is 5.97 Å². The number of methoxy groups -OCH3 is 1. The van der Waals surface area contributed by atoms with Crippen LogP contribution < -0.4 is 5.73 Å². The SMILES string of the molecule is CCOC(=O)C(C)(N)CCCN1CCCC(OC)C1. The van der Waals surface area contributed by atoms with E-state index in [2.05, 4.69) is 4.90 Å². The summed E-state index contributed by atoms with van der Waals surface area (Å²) in [6.07, 6.45) is 4.23. The second-order valence-electron chi connectivity index (χ2n) is 5.54. The Balaban J connectivity index is 2.27. The van der Waals surface area contributed by atoms with Gasteiger partial charge in [0.1, 0.15) is 5.54 Å². The number of esters is 1. The molecule has 2 N–H and O–H groups in total. The van der Waals surface area contributed by atoms with Crippen LogP contribution in [0.1, 0.15) is 39.5 Å². The lowest BCUT2D eigenvalue weighted by Gasteiger charge is -2.32. The lowest BCUT2D eigenvalue weighted by atomic mass is 9.97. The highest BCUT2D eigenvalue weighted by molar-refractivity contribution is 5.79. The molecule has 0 aromatic heterocycles. The number of piperidine rings is 1. The molecule has 0 radical (unpaired) electrons. The number of ether oxygens (including phenoxy) is 2. The van der Waals surface area contributed by atoms with E-state index in [-0.39, 0.29) is 5.97 Å². The van der Waals surface area contributed by atoms with E-state index in [9.17, 15) is 4.79 Å². The van der Waals surface area contributed by atoms with Gasteiger partial charge in [-0.2, -0.15) is 0 Å². The molecule has 5 heteroatoms. The lowest BCUT2D eigenvalue weighted by Crippen LogP contribution is -2.47. The van der Waals surface area contributed by atoms with Crippen LogP contribution in [0, 0.1) is 0 Å². The summed E-state index contributed by atoms with van der Waals surface area (Å²) in [6.45, 7) is 6.99. The van der Waals surface area contributed by atoms with Crippen LogP contribution in [0.4, 0.5) is 0 Å². The molecule has 19 heavy (non-hydrogen) atoms. The van der Waals surface area contributed by atoms with Gasteiger partial charge in [-0.15, -0.1) is 0 Å². The first-order chi connectivity index (χ1) is 8.99. The average Bonchev–Trinajstić information content (AvgIpc) is 2.39. The van der Waals surface area contributed by atoms with Crippen molar-refractivity contribution in [2.45, 2.75) is 51.2 Å². The van der Waals surface area contributed by atoms with Gasteiger partial charge >= 0.3 is 5.97 Å². The summed E-state index contributed by atoms with van der Waals surface area (Å²) in [5.41, 5.74) is 5.13. The van der Waals surface area contributed by atoms with E-state index in [1.54, 1.807) is 21.0 Å². The Hall–Kier alpha value is -0.650. The summed E-state index contributed by atoms with van der Waals surface area (Å²) in [7, 11) is 1.77. The molecule has 1 aliphatic heterocycles. The van der Waals surface area contributed by atoms with Gasteiger partial charge in [0, 0.05) is 13.7 Å². The fourth-order valence-electron chi connectivity index (χ4n) is 2.48. The van der Waals surface area contributed by atoms with Crippen LogP contribution in [0.15, 0.2) is 0 Å². The molecule has 0 aliphatic carbocycles. The quantitative estimate of drug-likeness (QED) is 0.705. The van der Waals surface area contributed by atoms with Crippen molar-refractivity contribution < 1.29 is 14.3 Å². The van der Waals surface area contributed by atoms with Crippen LogP contribution in [0.3, 0.4) is 0 Å². The number of carbonyl (C=O) groups excluding carboxylic acids is 1. The third kappa shape index (κ3) is 5.47. The zero-order valence-corrected chi connectivity index (χ0v) is 12.5. The van der Waals surface area contributed by atoms with E-state index >= 15 is 0 Å². The summed E-state index contributed by atoms with van der Waals surface area (Å²) in [5, 5.41) is 0. The van der Waals surface area contributed by atoms with E-state index in [1.807, 2.05) is 0 Å². The standard InChI is InChI=1S/C14H28N2O3/c1-4-19-13(17)14(2,15)8-6-10-16-9-5-7-12(11-16)18-3/h12H,4-11,15H2,1-3H3. The summed E-state index contributed by atoms with van der Waals surface area (Å²) < 4.78 is 10.4. The fourth-order valence-corrected chi connectivity index (χ4v) is 2.48. The Morgan fingerprint density at radius 2 is 2.26 bits per heavy atom. The normalized spacial score (nSPS) is 23.9. The molecule has 1 rings (SSSR count). The van der Waals surface area contributed by atoms with Gasteiger partial charge in [0.05, 0.1) is 12.7 Å². The van der Waals surface area contributed by atoms with Gasteiger partial charge in [-0.1, -0.05) is 0 Å². The fraction of sp³-hybridized carbons (Fsp3) is 0.929. The maximum Gasteiger partial charge on any atom is 0.325 e. The van der Waals surface area contributed by atoms with E-state index in [0.717, 1.165) is 32.5 Å². The number of hydrogen-bond donors (Lipinski definition) is 1. The number of rotatable bonds is 7. The minimum Gasteiger partial charge on any atom is -0.465 e. The molecule has 1 aliphatic rings. The first kappa shape index (κ1) is 16.4. The predicted octanol–water partition coefficient (Wildman–Crippen LogP) is 1.16. The number of carbonyl (C=O) groups is 1. The molecule has 0 spiro atoms. The van der Waals surface area contributed by atoms with Crippen molar-refractivity contribution in [1.29, 1.82) is 0 Å². The maximum absolute atomic E-state index is 11.7. The molecule has 2 atom stereocenters. The van der Waals surface area contributed by atoms with E-state index in [1.165, 1.54) is 6.42 Å². The Bertz CT molecular complexity index is 282. The lowest BCUT2D eigenvalue weighted by molar-refractivity contribution is -0.149. The van der Waals surface area contributed by atoms with Crippen LogP contribution in [0.2, 0.25) is 0 Å². The van der Waals surface area contributed by atoms with Crippen molar-refractivity contribution in [3.05, 3.63) is 0 Å². The van der Waals surface area contributed by atoms with Crippen LogP contribution in [-0.2, 0) is 14.3 Å². The van der Waals surface area contributed by atoms with Crippen molar-refractivity contribution in [2.75, 3.05) is 33.4 Å². The molecule has 0 aromatic carbocycles. The minimum absolute atomic E-state index is 0.302. The van der Waals surface area contributed by atoms with E-state index in [0.29, 0.717) is 19.1 Å². The summed E-state index contributed by atoms with van der Waals surface area (Å²) in [4.78, 5) is 14.1. The van der Waals surface area contributed by atoms with Crippen LogP contribution in [-0.4, -0.2) is 55.9 Å². The number of likely N-dealkylation sites (tertiary alicyclic amines) is 1. The third-order valence-electron chi connectivity index (χ3n) is 3.71. The van der Waals surface area contributed by atoms with Crippen LogP contribution in [0.25, 0.3) is 0 Å². The van der Waals surface area contributed by atoms with Gasteiger partial charge < -0.3 is 20.1 Å². The first-order valence-electron chi connectivity index (χ1n) is 7.21. The van der Waals surface area contributed by atoms with Crippen LogP contribution in [0.5, 0.6) is 0 Å². The monoisotopic (exact) mass is 272 g/mol. The second-order valence-corrected chi connectivity index (χ2v) is 5.54. The van der Waals surface area contributed by atoms with Crippen molar-refractivity contribution in [3.8, 4) is 0 Å². The highest BCUT2D eigenvalue weighted by Gasteiger charge is 2.29. The summed E-state index contributed by atoms with van der Waals surface area (Å²) in [6, 6.07) is 0. The Morgan fingerprint density at radius 3 is 2.89 bits per heavy atom. The molecule has 0 aromatic rings. The second kappa shape index (κ2) is 7.82. The molecule has 1 saturated heterocycles. The molecular formula is C14H28N2O3. The number of nitrogens with zero attached hydrogens (tertiary/aromatic N) is 1. The maximum atomic E-state index is 11.7. The zero-order chi connectivity index (χ0) is 14.3. The smallest absolute Gasteiger partial charge is 0.325 e. The molecule has 1 heterocycles. The van der Waals surface area contributed by atoms with Gasteiger partial charge in [0.15, 0.2) is 0 Å². The Morgan fingerprint density at radius 1 is 1.53 bits per heavy atom. The largest absolute Gasteiger partial charge is 0.465 e. The third-order valence-corrected chi connectivity index (χ3v) is 3.71. The van der Waals surface area contributed by atoms with E-state index < -0.39 is 5.54 Å². The van der Waals surface area contributed by atoms with Gasteiger partial charge in [0.2, 0.25) is 0 Å². The highest BCUT2D eigenvalue weighted by Crippen LogP contribution is 2.16. The Labute approximate surface area is 116 Å². The highest BCUT2D eigenvalue weighted by atomic mass is 16.5. The van der Waals surface area contributed by atoms with Gasteiger partial charge in [-0.05, 0) is 52.6 Å². The zero-order valence-electron chi connectivity index (χ0n) is 12.5. The molecular weight excluding hydrogens is 244 g/mol. The Kier molecular flexibility index (Phi) is 6.75. The van der Waals surface area contributed by atoms with E-state index in [4.69, 9.17) is 15.2 Å². The molecule has 2 unspecified atom stereocenters. The topological polar surface area (TPSA) is 64.8 Å². The first-order valence-corrected chi connectivity index (χ1v) is 7.21. The molecule has 0 amide bonds. The van der Waals surface area contributed by atoms with Crippen LogP contribution >= 0.6 is 0 Å². The number of hydrogen-bond acceptors (Lipinski definition) is 5. The summed E-state index contributed by atoms with van der Waals surface area (Å²) in [5.74, 6) is -0.302. The molecule has 0 bridgehead atoms. The van der Waals surface area contributed by atoms with Gasteiger partial charge in [0.25, 0.3) is 0 Å². The van der Waals surface area contributed by atoms with Gasteiger partial charge in [-0.25, -0.2) is 0 Å². The minimum atomic E-state index is -0.869. The van der Waals surface area contributed by atoms with Crippen molar-refractivity contribution in [3.63, 3.8) is 0 Å².